The van der Waals surface area contributed by atoms with E-state index in [1.807, 2.05) is 30.3 Å². The summed E-state index contributed by atoms with van der Waals surface area (Å²) in [4.78, 5) is 12.4. The van der Waals surface area contributed by atoms with Gasteiger partial charge in [0.15, 0.2) is 11.5 Å². The van der Waals surface area contributed by atoms with Crippen molar-refractivity contribution >= 4 is 17.2 Å². The molecule has 8 heteroatoms. The van der Waals surface area contributed by atoms with Gasteiger partial charge < -0.3 is 14.9 Å². The Hall–Kier alpha value is -2.58. The van der Waals surface area contributed by atoms with E-state index in [9.17, 15) is 9.90 Å². The summed E-state index contributed by atoms with van der Waals surface area (Å²) >= 11 is 1.45. The minimum Gasteiger partial charge on any atom is -0.386 e. The van der Waals surface area contributed by atoms with Crippen LogP contribution in [0, 0.1) is 5.92 Å². The first-order valence-corrected chi connectivity index (χ1v) is 9.73. The monoisotopic (exact) mass is 384 g/mol. The Balaban J connectivity index is 1.27. The smallest absolute Gasteiger partial charge is 0.273 e. The number of carbonyl (C=O) groups excluding carboxylic acids is 1. The molecule has 140 valence electrons. The summed E-state index contributed by atoms with van der Waals surface area (Å²) in [6.07, 6.45) is 2.06. The van der Waals surface area contributed by atoms with Gasteiger partial charge >= 0.3 is 0 Å². The molecule has 2 aromatic heterocycles. The quantitative estimate of drug-likeness (QED) is 0.677. The molecule has 1 aliphatic rings. The van der Waals surface area contributed by atoms with Gasteiger partial charge in [-0.15, -0.1) is 10.2 Å². The maximum atomic E-state index is 12.4. The molecular weight excluding hydrogens is 364 g/mol. The third kappa shape index (κ3) is 4.06. The van der Waals surface area contributed by atoms with Crippen molar-refractivity contribution in [2.45, 2.75) is 38.3 Å². The molecule has 1 aliphatic carbocycles. The van der Waals surface area contributed by atoms with Crippen LogP contribution in [0.4, 0.5) is 0 Å². The summed E-state index contributed by atoms with van der Waals surface area (Å²) in [5.41, 5.74) is 1.18. The van der Waals surface area contributed by atoms with Crippen LogP contribution in [0.2, 0.25) is 0 Å². The summed E-state index contributed by atoms with van der Waals surface area (Å²) in [5, 5.41) is 26.1. The van der Waals surface area contributed by atoms with E-state index in [1.54, 1.807) is 13.0 Å². The fourth-order valence-electron chi connectivity index (χ4n) is 3.17. The van der Waals surface area contributed by atoms with Crippen LogP contribution in [0.3, 0.4) is 0 Å². The van der Waals surface area contributed by atoms with Crippen molar-refractivity contribution < 1.29 is 14.4 Å². The predicted octanol–water partition coefficient (Wildman–Crippen LogP) is 3.00. The molecule has 0 saturated heterocycles. The molecule has 1 fully saturated rings. The number of nitrogens with zero attached hydrogens (tertiary/aromatic N) is 3. The number of aliphatic hydroxyl groups excluding tert-OH is 1. The van der Waals surface area contributed by atoms with Gasteiger partial charge in [-0.25, -0.2) is 0 Å². The van der Waals surface area contributed by atoms with Crippen molar-refractivity contribution in [2.75, 3.05) is 0 Å². The molecule has 0 radical (unpaired) electrons. The lowest BCUT2D eigenvalue weighted by molar-refractivity contribution is 0.0880. The standard InChI is InChI=1S/C19H20N4O3S/c1-11(24)19-22-21-17(27-19)9-12-7-14(8-12)20-18(25)15-10-16(26-23-15)13-5-3-2-4-6-13/h2-6,10-12,14,24H,7-9H2,1H3,(H,20,25). The number of rotatable bonds is 6. The summed E-state index contributed by atoms with van der Waals surface area (Å²) in [6.45, 7) is 1.69. The van der Waals surface area contributed by atoms with Gasteiger partial charge in [0.1, 0.15) is 16.1 Å². The molecule has 1 atom stereocenters. The van der Waals surface area contributed by atoms with Gasteiger partial charge in [0, 0.05) is 24.1 Å². The van der Waals surface area contributed by atoms with E-state index in [4.69, 9.17) is 4.52 Å². The number of hydrogen-bond acceptors (Lipinski definition) is 7. The molecule has 1 saturated carbocycles. The Labute approximate surface area is 160 Å². The maximum absolute atomic E-state index is 12.4. The average molecular weight is 384 g/mol. The molecule has 27 heavy (non-hydrogen) atoms. The van der Waals surface area contributed by atoms with Gasteiger partial charge in [-0.3, -0.25) is 4.79 Å². The summed E-state index contributed by atoms with van der Waals surface area (Å²) in [5.74, 6) is 0.844. The van der Waals surface area contributed by atoms with Crippen LogP contribution in [0.5, 0.6) is 0 Å². The first-order valence-electron chi connectivity index (χ1n) is 8.92. The Kier molecular flexibility index (Phi) is 5.00. The highest BCUT2D eigenvalue weighted by atomic mass is 32.1. The van der Waals surface area contributed by atoms with Crippen LogP contribution < -0.4 is 5.32 Å². The summed E-state index contributed by atoms with van der Waals surface area (Å²) in [6, 6.07) is 11.4. The molecule has 0 bridgehead atoms. The van der Waals surface area contributed by atoms with E-state index in [-0.39, 0.29) is 11.9 Å². The fraction of sp³-hybridized carbons (Fsp3) is 0.368. The lowest BCUT2D eigenvalue weighted by atomic mass is 9.78. The van der Waals surface area contributed by atoms with E-state index >= 15 is 0 Å². The molecule has 2 heterocycles. The van der Waals surface area contributed by atoms with Crippen LogP contribution in [0.15, 0.2) is 40.9 Å². The lowest BCUT2D eigenvalue weighted by Gasteiger charge is -2.35. The molecule has 1 amide bonds. The third-order valence-corrected chi connectivity index (χ3v) is 5.79. The molecule has 3 aromatic rings. The van der Waals surface area contributed by atoms with E-state index in [2.05, 4.69) is 20.7 Å². The van der Waals surface area contributed by atoms with Crippen LogP contribution >= 0.6 is 11.3 Å². The van der Waals surface area contributed by atoms with E-state index in [1.165, 1.54) is 11.3 Å². The highest BCUT2D eigenvalue weighted by Gasteiger charge is 2.32. The van der Waals surface area contributed by atoms with Gasteiger partial charge in [0.25, 0.3) is 5.91 Å². The van der Waals surface area contributed by atoms with Crippen molar-refractivity contribution in [1.82, 2.24) is 20.7 Å². The molecular formula is C19H20N4O3S. The number of nitrogens with one attached hydrogen (secondary N) is 1. The van der Waals surface area contributed by atoms with Crippen LogP contribution in [-0.4, -0.2) is 32.4 Å². The number of benzene rings is 1. The normalized spacial score (nSPS) is 20.1. The predicted molar refractivity (Wildman–Crippen MR) is 100 cm³/mol. The number of hydrogen-bond donors (Lipinski definition) is 2. The highest BCUT2D eigenvalue weighted by molar-refractivity contribution is 7.11. The molecule has 4 rings (SSSR count). The minimum absolute atomic E-state index is 0.142. The molecule has 0 spiro atoms. The van der Waals surface area contributed by atoms with Gasteiger partial charge in [-0.2, -0.15) is 0 Å². The lowest BCUT2D eigenvalue weighted by Crippen LogP contribution is -2.45. The maximum Gasteiger partial charge on any atom is 0.273 e. The average Bonchev–Trinajstić information content (AvgIpc) is 3.30. The Morgan fingerprint density at radius 1 is 1.33 bits per heavy atom. The SMILES string of the molecule is CC(O)c1nnc(CC2CC(NC(=O)c3cc(-c4ccccc4)on3)C2)s1. The topological polar surface area (TPSA) is 101 Å². The van der Waals surface area contributed by atoms with E-state index in [0.29, 0.717) is 22.4 Å². The van der Waals surface area contributed by atoms with Gasteiger partial charge in [-0.05, 0) is 25.7 Å². The third-order valence-electron chi connectivity index (χ3n) is 4.68. The van der Waals surface area contributed by atoms with Gasteiger partial charge in [-0.1, -0.05) is 46.8 Å². The second-order valence-corrected chi connectivity index (χ2v) is 7.96. The molecule has 7 nitrogen and oxygen atoms in total. The number of aromatic nitrogens is 3. The molecule has 2 N–H and O–H groups in total. The van der Waals surface area contributed by atoms with E-state index in [0.717, 1.165) is 29.8 Å². The Morgan fingerprint density at radius 3 is 2.81 bits per heavy atom. The number of amides is 1. The van der Waals surface area contributed by atoms with Crippen molar-refractivity contribution in [3.05, 3.63) is 52.1 Å². The molecule has 0 aliphatic heterocycles. The Morgan fingerprint density at radius 2 is 2.11 bits per heavy atom. The van der Waals surface area contributed by atoms with Crippen molar-refractivity contribution in [3.8, 4) is 11.3 Å². The summed E-state index contributed by atoms with van der Waals surface area (Å²) < 4.78 is 5.28. The zero-order chi connectivity index (χ0) is 18.8. The van der Waals surface area contributed by atoms with Crippen LogP contribution in [0.1, 0.15) is 46.4 Å². The zero-order valence-electron chi connectivity index (χ0n) is 14.8. The zero-order valence-corrected chi connectivity index (χ0v) is 15.6. The Bertz CT molecular complexity index is 916. The van der Waals surface area contributed by atoms with Crippen molar-refractivity contribution in [1.29, 1.82) is 0 Å². The highest BCUT2D eigenvalue weighted by Crippen LogP contribution is 2.32. The van der Waals surface area contributed by atoms with Crippen LogP contribution in [-0.2, 0) is 6.42 Å². The van der Waals surface area contributed by atoms with Crippen molar-refractivity contribution in [2.24, 2.45) is 5.92 Å². The molecule has 1 unspecified atom stereocenters. The largest absolute Gasteiger partial charge is 0.386 e. The second-order valence-electron chi connectivity index (χ2n) is 6.86. The first-order chi connectivity index (χ1) is 13.1. The second kappa shape index (κ2) is 7.58. The van der Waals surface area contributed by atoms with Crippen molar-refractivity contribution in [3.63, 3.8) is 0 Å². The van der Waals surface area contributed by atoms with Crippen LogP contribution in [0.25, 0.3) is 11.3 Å². The van der Waals surface area contributed by atoms with Gasteiger partial charge in [0.05, 0.1) is 0 Å². The van der Waals surface area contributed by atoms with E-state index < -0.39 is 6.10 Å². The van der Waals surface area contributed by atoms with Gasteiger partial charge in [0.2, 0.25) is 0 Å². The molecule has 1 aromatic carbocycles. The first kappa shape index (κ1) is 17.8. The fourth-order valence-corrected chi connectivity index (χ4v) is 4.06. The number of aliphatic hydroxyl groups is 1. The number of carbonyl (C=O) groups is 1. The minimum atomic E-state index is -0.576. The summed E-state index contributed by atoms with van der Waals surface area (Å²) in [7, 11) is 0.